The van der Waals surface area contributed by atoms with E-state index in [4.69, 9.17) is 0 Å². The molecule has 0 spiro atoms. The zero-order valence-electron chi connectivity index (χ0n) is 14.0. The van der Waals surface area contributed by atoms with Gasteiger partial charge in [-0.15, -0.1) is 0 Å². The molecule has 1 heterocycles. The summed E-state index contributed by atoms with van der Waals surface area (Å²) in [7, 11) is 0. The fourth-order valence-corrected chi connectivity index (χ4v) is 3.16. The van der Waals surface area contributed by atoms with Crippen LogP contribution in [0, 0.1) is 0 Å². The highest BCUT2D eigenvalue weighted by molar-refractivity contribution is 4.86. The van der Waals surface area contributed by atoms with Gasteiger partial charge in [-0.1, -0.05) is 13.8 Å². The van der Waals surface area contributed by atoms with Crippen molar-refractivity contribution in [2.75, 3.05) is 45.9 Å². The van der Waals surface area contributed by atoms with E-state index in [0.29, 0.717) is 6.04 Å². The summed E-state index contributed by atoms with van der Waals surface area (Å²) in [5, 5.41) is 13.1. The minimum Gasteiger partial charge on any atom is -0.394 e. The van der Waals surface area contributed by atoms with E-state index in [2.05, 4.69) is 42.8 Å². The molecule has 2 N–H and O–H groups in total. The van der Waals surface area contributed by atoms with Gasteiger partial charge in [0, 0.05) is 37.8 Å². The summed E-state index contributed by atoms with van der Waals surface area (Å²) in [6.07, 6.45) is 3.24. The van der Waals surface area contributed by atoms with Crippen molar-refractivity contribution in [2.45, 2.75) is 58.5 Å². The van der Waals surface area contributed by atoms with E-state index in [1.54, 1.807) is 0 Å². The van der Waals surface area contributed by atoms with E-state index < -0.39 is 0 Å². The summed E-state index contributed by atoms with van der Waals surface area (Å²) in [6, 6.07) is 0.674. The Morgan fingerprint density at radius 2 is 1.80 bits per heavy atom. The minimum absolute atomic E-state index is 0.0610. The predicted molar refractivity (Wildman–Crippen MR) is 86.2 cm³/mol. The molecule has 0 saturated carbocycles. The van der Waals surface area contributed by atoms with Crippen LogP contribution in [0.15, 0.2) is 0 Å². The van der Waals surface area contributed by atoms with Crippen molar-refractivity contribution in [3.8, 4) is 0 Å². The van der Waals surface area contributed by atoms with Gasteiger partial charge in [0.25, 0.3) is 0 Å². The van der Waals surface area contributed by atoms with E-state index >= 15 is 0 Å². The van der Waals surface area contributed by atoms with Crippen LogP contribution in [-0.2, 0) is 0 Å². The lowest BCUT2D eigenvalue weighted by Crippen LogP contribution is -2.50. The average Bonchev–Trinajstić information content (AvgIpc) is 2.47. The second-order valence-electron chi connectivity index (χ2n) is 6.40. The molecule has 1 rings (SSSR count). The first kappa shape index (κ1) is 17.9. The Morgan fingerprint density at radius 3 is 2.25 bits per heavy atom. The maximum absolute atomic E-state index is 9.66. The van der Waals surface area contributed by atoms with Gasteiger partial charge >= 0.3 is 0 Å². The lowest BCUT2D eigenvalue weighted by atomic mass is 9.91. The highest BCUT2D eigenvalue weighted by Gasteiger charge is 2.26. The summed E-state index contributed by atoms with van der Waals surface area (Å²) in [5.74, 6) is 0. The molecule has 0 amide bonds. The van der Waals surface area contributed by atoms with Crippen molar-refractivity contribution in [2.24, 2.45) is 0 Å². The van der Waals surface area contributed by atoms with Crippen LogP contribution < -0.4 is 5.32 Å². The normalized spacial score (nSPS) is 21.3. The second-order valence-corrected chi connectivity index (χ2v) is 6.40. The van der Waals surface area contributed by atoms with Crippen LogP contribution in [0.5, 0.6) is 0 Å². The Balaban J connectivity index is 2.27. The van der Waals surface area contributed by atoms with Crippen molar-refractivity contribution in [3.63, 3.8) is 0 Å². The molecule has 0 aromatic carbocycles. The van der Waals surface area contributed by atoms with Crippen LogP contribution in [-0.4, -0.2) is 72.4 Å². The largest absolute Gasteiger partial charge is 0.394 e. The van der Waals surface area contributed by atoms with Crippen LogP contribution in [0.3, 0.4) is 0 Å². The molecule has 1 atom stereocenters. The number of nitrogens with zero attached hydrogens (tertiary/aromatic N) is 2. The zero-order chi connectivity index (χ0) is 15.0. The van der Waals surface area contributed by atoms with Crippen LogP contribution in [0.4, 0.5) is 0 Å². The molecule has 0 aromatic rings. The Kier molecular flexibility index (Phi) is 8.03. The summed E-state index contributed by atoms with van der Waals surface area (Å²) in [6.45, 7) is 16.0. The third kappa shape index (κ3) is 5.32. The SMILES string of the molecule is CCNC(CC)(CO)CCCN1CCN(C(C)C)CC1. The van der Waals surface area contributed by atoms with Gasteiger partial charge in [0.1, 0.15) is 0 Å². The Hall–Kier alpha value is -0.160. The topological polar surface area (TPSA) is 38.7 Å². The molecule has 4 nitrogen and oxygen atoms in total. The van der Waals surface area contributed by atoms with Gasteiger partial charge in [-0.3, -0.25) is 4.90 Å². The van der Waals surface area contributed by atoms with Crippen LogP contribution in [0.25, 0.3) is 0 Å². The molecule has 1 aliphatic rings. The van der Waals surface area contributed by atoms with E-state index in [-0.39, 0.29) is 12.1 Å². The third-order valence-electron chi connectivity index (χ3n) is 4.80. The number of aliphatic hydroxyl groups is 1. The van der Waals surface area contributed by atoms with E-state index in [1.165, 1.54) is 39.1 Å². The smallest absolute Gasteiger partial charge is 0.0613 e. The van der Waals surface area contributed by atoms with Gasteiger partial charge in [-0.05, 0) is 46.2 Å². The number of rotatable bonds is 9. The van der Waals surface area contributed by atoms with Crippen LogP contribution >= 0.6 is 0 Å². The molecule has 0 bridgehead atoms. The average molecular weight is 285 g/mol. The standard InChI is InChI=1S/C16H35N3O/c1-5-16(14-20,17-6-2)8-7-9-18-10-12-19(13-11-18)15(3)4/h15,17,20H,5-14H2,1-4H3. The number of nitrogens with one attached hydrogen (secondary N) is 1. The fraction of sp³-hybridized carbons (Fsp3) is 1.00. The van der Waals surface area contributed by atoms with Crippen LogP contribution in [0.2, 0.25) is 0 Å². The van der Waals surface area contributed by atoms with Crippen molar-refractivity contribution in [1.29, 1.82) is 0 Å². The second kappa shape index (κ2) is 8.98. The first-order valence-electron chi connectivity index (χ1n) is 8.39. The number of hydrogen-bond acceptors (Lipinski definition) is 4. The number of aliphatic hydroxyl groups excluding tert-OH is 1. The molecule has 1 aliphatic heterocycles. The first-order valence-corrected chi connectivity index (χ1v) is 8.39. The van der Waals surface area contributed by atoms with Gasteiger partial charge in [0.05, 0.1) is 6.61 Å². The predicted octanol–water partition coefficient (Wildman–Crippen LogP) is 1.54. The Labute approximate surface area is 125 Å². The molecule has 1 fully saturated rings. The number of piperazine rings is 1. The molecule has 1 saturated heterocycles. The van der Waals surface area contributed by atoms with Gasteiger partial charge in [0.2, 0.25) is 0 Å². The number of hydrogen-bond donors (Lipinski definition) is 2. The first-order chi connectivity index (χ1) is 9.56. The molecule has 1 unspecified atom stereocenters. The summed E-state index contributed by atoms with van der Waals surface area (Å²) in [4.78, 5) is 5.13. The fourth-order valence-electron chi connectivity index (χ4n) is 3.16. The highest BCUT2D eigenvalue weighted by atomic mass is 16.3. The van der Waals surface area contributed by atoms with Crippen molar-refractivity contribution < 1.29 is 5.11 Å². The molecule has 20 heavy (non-hydrogen) atoms. The quantitative estimate of drug-likeness (QED) is 0.674. The number of likely N-dealkylation sites (N-methyl/N-ethyl adjacent to an activating group) is 1. The zero-order valence-corrected chi connectivity index (χ0v) is 14.0. The minimum atomic E-state index is -0.0610. The van der Waals surface area contributed by atoms with Crippen molar-refractivity contribution in [3.05, 3.63) is 0 Å². The molecule has 120 valence electrons. The van der Waals surface area contributed by atoms with Gasteiger partial charge in [-0.2, -0.15) is 0 Å². The lowest BCUT2D eigenvalue weighted by Gasteiger charge is -2.38. The summed E-state index contributed by atoms with van der Waals surface area (Å²) >= 11 is 0. The summed E-state index contributed by atoms with van der Waals surface area (Å²) < 4.78 is 0. The Morgan fingerprint density at radius 1 is 1.15 bits per heavy atom. The Bertz CT molecular complexity index is 246. The monoisotopic (exact) mass is 285 g/mol. The van der Waals surface area contributed by atoms with E-state index in [1.807, 2.05) is 0 Å². The lowest BCUT2D eigenvalue weighted by molar-refractivity contribution is 0.0990. The maximum Gasteiger partial charge on any atom is 0.0613 e. The van der Waals surface area contributed by atoms with Crippen molar-refractivity contribution >= 4 is 0 Å². The van der Waals surface area contributed by atoms with E-state index in [9.17, 15) is 5.11 Å². The van der Waals surface area contributed by atoms with Gasteiger partial charge in [-0.25, -0.2) is 0 Å². The molecule has 4 heteroatoms. The molecule has 0 radical (unpaired) electrons. The molecular formula is C16H35N3O. The highest BCUT2D eigenvalue weighted by Crippen LogP contribution is 2.17. The molecular weight excluding hydrogens is 250 g/mol. The summed E-state index contributed by atoms with van der Waals surface area (Å²) in [5.41, 5.74) is -0.0610. The van der Waals surface area contributed by atoms with Gasteiger partial charge in [0.15, 0.2) is 0 Å². The molecule has 0 aliphatic carbocycles. The van der Waals surface area contributed by atoms with E-state index in [0.717, 1.165) is 19.4 Å². The van der Waals surface area contributed by atoms with Gasteiger partial charge < -0.3 is 15.3 Å². The maximum atomic E-state index is 9.66. The third-order valence-corrected chi connectivity index (χ3v) is 4.80. The van der Waals surface area contributed by atoms with Crippen molar-refractivity contribution in [1.82, 2.24) is 15.1 Å². The molecule has 0 aromatic heterocycles. The van der Waals surface area contributed by atoms with Crippen LogP contribution in [0.1, 0.15) is 47.0 Å².